The molecule has 3 aliphatic carbocycles. The number of benzene rings is 1. The third kappa shape index (κ3) is 3.74. The number of hydrogen-bond acceptors (Lipinski definition) is 1. The molecule has 1 N–H and O–H groups in total. The third-order valence-electron chi connectivity index (χ3n) is 7.04. The van der Waals surface area contributed by atoms with Crippen LogP contribution in [0.4, 0.5) is 0 Å². The van der Waals surface area contributed by atoms with Crippen molar-refractivity contribution >= 4 is 11.5 Å². The van der Waals surface area contributed by atoms with Crippen molar-refractivity contribution in [2.24, 2.45) is 17.3 Å². The van der Waals surface area contributed by atoms with E-state index in [4.69, 9.17) is 0 Å². The molecule has 28 heavy (non-hydrogen) atoms. The molecule has 1 aromatic rings. The van der Waals surface area contributed by atoms with Crippen molar-refractivity contribution in [1.29, 1.82) is 0 Å². The summed E-state index contributed by atoms with van der Waals surface area (Å²) in [6, 6.07) is 9.04. The number of carbonyl (C=O) groups excluding carboxylic acids is 1. The maximum absolute atomic E-state index is 11.9. The molecule has 148 valence electrons. The van der Waals surface area contributed by atoms with Gasteiger partial charge in [0, 0.05) is 13.1 Å². The lowest BCUT2D eigenvalue weighted by atomic mass is 9.76. The van der Waals surface area contributed by atoms with Crippen LogP contribution in [0.15, 0.2) is 53.6 Å². The van der Waals surface area contributed by atoms with E-state index in [-0.39, 0.29) is 5.91 Å². The summed E-state index contributed by atoms with van der Waals surface area (Å²) in [6.45, 7) is 4.80. The van der Waals surface area contributed by atoms with E-state index in [1.807, 2.05) is 6.08 Å². The first kappa shape index (κ1) is 19.2. The second-order valence-electron chi connectivity index (χ2n) is 9.41. The zero-order valence-corrected chi connectivity index (χ0v) is 17.6. The molecule has 3 aliphatic rings. The number of likely N-dealkylation sites (N-methyl/N-ethyl adjacent to an activating group) is 1. The molecule has 1 aromatic carbocycles. The van der Waals surface area contributed by atoms with Crippen LogP contribution in [0, 0.1) is 17.3 Å². The summed E-state index contributed by atoms with van der Waals surface area (Å²) in [7, 11) is 1.70. The summed E-state index contributed by atoms with van der Waals surface area (Å²) >= 11 is 0. The molecular weight excluding hydrogens is 342 g/mol. The monoisotopic (exact) mass is 375 g/mol. The first-order valence-corrected chi connectivity index (χ1v) is 10.9. The van der Waals surface area contributed by atoms with Crippen LogP contribution in [0.5, 0.6) is 0 Å². The van der Waals surface area contributed by atoms with Gasteiger partial charge in [-0.1, -0.05) is 62.3 Å². The number of amides is 1. The molecule has 2 nitrogen and oxygen atoms in total. The Morgan fingerprint density at radius 3 is 2.61 bits per heavy atom. The SMILES string of the molecule is CNC(=O)/C=C(/c1ccc(CC2CC(C)(C)C3=C2CCC=C3)cc1)C1CCC1. The van der Waals surface area contributed by atoms with Crippen LogP contribution in [0.3, 0.4) is 0 Å². The highest BCUT2D eigenvalue weighted by atomic mass is 16.1. The van der Waals surface area contributed by atoms with Gasteiger partial charge in [-0.25, -0.2) is 0 Å². The Morgan fingerprint density at radius 2 is 1.96 bits per heavy atom. The molecular formula is C26H33NO. The molecule has 0 aromatic heterocycles. The Morgan fingerprint density at radius 1 is 1.21 bits per heavy atom. The van der Waals surface area contributed by atoms with Gasteiger partial charge < -0.3 is 5.32 Å². The summed E-state index contributed by atoms with van der Waals surface area (Å²) in [5.74, 6) is 1.22. The lowest BCUT2D eigenvalue weighted by Gasteiger charge is -2.28. The first-order valence-electron chi connectivity index (χ1n) is 10.9. The summed E-state index contributed by atoms with van der Waals surface area (Å²) < 4.78 is 0. The average molecular weight is 376 g/mol. The van der Waals surface area contributed by atoms with Gasteiger partial charge in [0.05, 0.1) is 0 Å². The van der Waals surface area contributed by atoms with Gasteiger partial charge in [0.25, 0.3) is 0 Å². The smallest absolute Gasteiger partial charge is 0.244 e. The topological polar surface area (TPSA) is 29.1 Å². The lowest BCUT2D eigenvalue weighted by Crippen LogP contribution is -2.19. The number of hydrogen-bond donors (Lipinski definition) is 1. The molecule has 0 aliphatic heterocycles. The van der Waals surface area contributed by atoms with Crippen LogP contribution in [0.2, 0.25) is 0 Å². The molecule has 1 amide bonds. The van der Waals surface area contributed by atoms with Crippen LogP contribution in [0.1, 0.15) is 63.5 Å². The minimum atomic E-state index is 0.00369. The Labute approximate surface area is 169 Å². The average Bonchev–Trinajstić information content (AvgIpc) is 2.91. The van der Waals surface area contributed by atoms with E-state index in [1.54, 1.807) is 18.2 Å². The molecule has 1 atom stereocenters. The highest BCUT2D eigenvalue weighted by Gasteiger charge is 2.38. The van der Waals surface area contributed by atoms with Gasteiger partial charge in [0.1, 0.15) is 0 Å². The number of rotatable bonds is 5. The number of allylic oxidation sites excluding steroid dienone is 5. The maximum Gasteiger partial charge on any atom is 0.244 e. The minimum Gasteiger partial charge on any atom is -0.356 e. The summed E-state index contributed by atoms with van der Waals surface area (Å²) in [5, 5.41) is 2.74. The van der Waals surface area contributed by atoms with Gasteiger partial charge in [-0.05, 0) is 78.0 Å². The normalized spacial score (nSPS) is 24.1. The molecule has 0 heterocycles. The van der Waals surface area contributed by atoms with Gasteiger partial charge in [-0.15, -0.1) is 0 Å². The Hall–Kier alpha value is -2.09. The molecule has 4 rings (SSSR count). The van der Waals surface area contributed by atoms with Gasteiger partial charge >= 0.3 is 0 Å². The molecule has 0 saturated heterocycles. The van der Waals surface area contributed by atoms with Crippen molar-refractivity contribution in [2.45, 2.75) is 58.8 Å². The second kappa shape index (κ2) is 7.73. The van der Waals surface area contributed by atoms with E-state index in [0.29, 0.717) is 17.3 Å². The summed E-state index contributed by atoms with van der Waals surface area (Å²) in [4.78, 5) is 11.9. The molecule has 0 radical (unpaired) electrons. The van der Waals surface area contributed by atoms with Crippen molar-refractivity contribution in [3.8, 4) is 0 Å². The quantitative estimate of drug-likeness (QED) is 0.643. The molecule has 1 saturated carbocycles. The first-order chi connectivity index (χ1) is 13.5. The molecule has 0 bridgehead atoms. The van der Waals surface area contributed by atoms with Gasteiger partial charge in [-0.2, -0.15) is 0 Å². The van der Waals surface area contributed by atoms with E-state index in [0.717, 1.165) is 6.42 Å². The highest BCUT2D eigenvalue weighted by Crippen LogP contribution is 2.50. The van der Waals surface area contributed by atoms with Crippen LogP contribution in [0.25, 0.3) is 5.57 Å². The molecule has 0 spiro atoms. The van der Waals surface area contributed by atoms with Gasteiger partial charge in [-0.3, -0.25) is 4.79 Å². The Kier molecular flexibility index (Phi) is 5.31. The Balaban J connectivity index is 1.52. The predicted molar refractivity (Wildman–Crippen MR) is 117 cm³/mol. The van der Waals surface area contributed by atoms with E-state index < -0.39 is 0 Å². The predicted octanol–water partition coefficient (Wildman–Crippen LogP) is 5.85. The van der Waals surface area contributed by atoms with Gasteiger partial charge in [0.2, 0.25) is 5.91 Å². The van der Waals surface area contributed by atoms with Crippen LogP contribution >= 0.6 is 0 Å². The lowest BCUT2D eigenvalue weighted by molar-refractivity contribution is -0.116. The van der Waals surface area contributed by atoms with E-state index in [9.17, 15) is 4.79 Å². The summed E-state index contributed by atoms with van der Waals surface area (Å²) in [5.41, 5.74) is 7.45. The standard InChI is InChI=1S/C26H33NO/c1-26(2)17-21(22-9-4-5-10-24(22)26)15-18-11-13-20(14-12-18)23(16-25(28)27-3)19-7-6-8-19/h5,10-14,16,19,21H,4,6-9,15,17H2,1-3H3,(H,27,28)/b23-16+. The fraction of sp³-hybridized carbons (Fsp3) is 0.500. The zero-order valence-electron chi connectivity index (χ0n) is 17.6. The van der Waals surface area contributed by atoms with E-state index >= 15 is 0 Å². The fourth-order valence-corrected chi connectivity index (χ4v) is 5.30. The van der Waals surface area contributed by atoms with Crippen molar-refractivity contribution in [3.05, 3.63) is 64.8 Å². The van der Waals surface area contributed by atoms with E-state index in [2.05, 4.69) is 55.6 Å². The van der Waals surface area contributed by atoms with Crippen LogP contribution < -0.4 is 5.32 Å². The van der Waals surface area contributed by atoms with Crippen LogP contribution in [-0.2, 0) is 11.2 Å². The summed E-state index contributed by atoms with van der Waals surface area (Å²) in [6.07, 6.45) is 15.0. The fourth-order valence-electron chi connectivity index (χ4n) is 5.30. The van der Waals surface area contributed by atoms with Gasteiger partial charge in [0.15, 0.2) is 0 Å². The highest BCUT2D eigenvalue weighted by molar-refractivity contribution is 5.95. The van der Waals surface area contributed by atoms with E-state index in [1.165, 1.54) is 55.2 Å². The number of carbonyl (C=O) groups is 1. The maximum atomic E-state index is 11.9. The van der Waals surface area contributed by atoms with Crippen molar-refractivity contribution in [1.82, 2.24) is 5.32 Å². The van der Waals surface area contributed by atoms with Crippen molar-refractivity contribution in [2.75, 3.05) is 7.05 Å². The number of nitrogens with one attached hydrogen (secondary N) is 1. The third-order valence-corrected chi connectivity index (χ3v) is 7.04. The van der Waals surface area contributed by atoms with Crippen molar-refractivity contribution in [3.63, 3.8) is 0 Å². The van der Waals surface area contributed by atoms with Crippen LogP contribution in [-0.4, -0.2) is 13.0 Å². The molecule has 1 unspecified atom stereocenters. The Bertz CT molecular complexity index is 834. The second-order valence-corrected chi connectivity index (χ2v) is 9.41. The van der Waals surface area contributed by atoms with Crippen molar-refractivity contribution < 1.29 is 4.79 Å². The molecule has 1 fully saturated rings. The minimum absolute atomic E-state index is 0.00369. The molecule has 2 heteroatoms. The largest absolute Gasteiger partial charge is 0.356 e. The zero-order chi connectivity index (χ0) is 19.7.